The number of hydrogen-bond donors (Lipinski definition) is 1. The van der Waals surface area contributed by atoms with E-state index >= 15 is 0 Å². The highest BCUT2D eigenvalue weighted by Gasteiger charge is 2.04. The van der Waals surface area contributed by atoms with E-state index in [0.717, 1.165) is 25.0 Å². The average Bonchev–Trinajstić information content (AvgIpc) is 2.39. The first-order chi connectivity index (χ1) is 9.13. The third-order valence-electron chi connectivity index (χ3n) is 2.24. The van der Waals surface area contributed by atoms with Gasteiger partial charge in [-0.05, 0) is 18.6 Å². The molecule has 1 aromatic rings. The van der Waals surface area contributed by atoms with Crippen LogP contribution in [-0.2, 0) is 14.3 Å². The summed E-state index contributed by atoms with van der Waals surface area (Å²) in [6, 6.07) is 5.78. The fourth-order valence-electron chi connectivity index (χ4n) is 1.25. The minimum absolute atomic E-state index is 0.0662. The van der Waals surface area contributed by atoms with E-state index in [1.54, 1.807) is 6.07 Å². The van der Waals surface area contributed by atoms with E-state index in [1.807, 2.05) is 6.92 Å². The van der Waals surface area contributed by atoms with Crippen LogP contribution in [0.2, 0.25) is 0 Å². The van der Waals surface area contributed by atoms with Crippen molar-refractivity contribution >= 4 is 17.6 Å². The molecule has 0 unspecified atom stereocenters. The maximum atomic E-state index is 13.2. The Labute approximate surface area is 111 Å². The van der Waals surface area contributed by atoms with Gasteiger partial charge in [-0.1, -0.05) is 25.5 Å². The lowest BCUT2D eigenvalue weighted by atomic mass is 10.3. The third kappa shape index (κ3) is 5.81. The molecule has 0 saturated heterocycles. The highest BCUT2D eigenvalue weighted by atomic mass is 19.1. The minimum Gasteiger partial charge on any atom is -0.463 e. The van der Waals surface area contributed by atoms with Gasteiger partial charge in [0, 0.05) is 12.2 Å². The lowest BCUT2D eigenvalue weighted by Gasteiger charge is -2.02. The molecular formula is C14H16FNO3. The lowest BCUT2D eigenvalue weighted by molar-refractivity contribution is -0.138. The normalized spacial score (nSPS) is 10.4. The SMILES string of the molecule is CCCCOC(=O)/C=C/C(=O)Nc1ccccc1F. The van der Waals surface area contributed by atoms with Crippen LogP contribution >= 0.6 is 0 Å². The van der Waals surface area contributed by atoms with Crippen LogP contribution in [0.3, 0.4) is 0 Å². The molecular weight excluding hydrogens is 249 g/mol. The van der Waals surface area contributed by atoms with Crippen LogP contribution < -0.4 is 5.32 Å². The van der Waals surface area contributed by atoms with Crippen LogP contribution in [-0.4, -0.2) is 18.5 Å². The minimum atomic E-state index is -0.586. The number of carbonyl (C=O) groups excluding carboxylic acids is 2. The second-order valence-electron chi connectivity index (χ2n) is 3.82. The quantitative estimate of drug-likeness (QED) is 0.489. The van der Waals surface area contributed by atoms with Gasteiger partial charge >= 0.3 is 5.97 Å². The van der Waals surface area contributed by atoms with Crippen LogP contribution in [0.4, 0.5) is 10.1 Å². The lowest BCUT2D eigenvalue weighted by Crippen LogP contribution is -2.10. The molecule has 0 spiro atoms. The Balaban J connectivity index is 2.43. The second kappa shape index (κ2) is 8.02. The Hall–Kier alpha value is -2.17. The molecule has 0 heterocycles. The third-order valence-corrected chi connectivity index (χ3v) is 2.24. The Morgan fingerprint density at radius 2 is 2.05 bits per heavy atom. The summed E-state index contributed by atoms with van der Waals surface area (Å²) in [6.45, 7) is 2.31. The van der Waals surface area contributed by atoms with Gasteiger partial charge in [0.1, 0.15) is 5.82 Å². The summed E-state index contributed by atoms with van der Waals surface area (Å²) < 4.78 is 18.1. The highest BCUT2D eigenvalue weighted by molar-refractivity contribution is 6.02. The van der Waals surface area contributed by atoms with E-state index in [0.29, 0.717) is 6.61 Å². The monoisotopic (exact) mass is 265 g/mol. The van der Waals surface area contributed by atoms with Crippen LogP contribution in [0.25, 0.3) is 0 Å². The number of nitrogens with one attached hydrogen (secondary N) is 1. The summed E-state index contributed by atoms with van der Waals surface area (Å²) in [6.07, 6.45) is 3.73. The van der Waals surface area contributed by atoms with Crippen LogP contribution in [0.1, 0.15) is 19.8 Å². The van der Waals surface area contributed by atoms with Crippen LogP contribution in [0.15, 0.2) is 36.4 Å². The average molecular weight is 265 g/mol. The number of carbonyl (C=O) groups is 2. The summed E-state index contributed by atoms with van der Waals surface area (Å²) >= 11 is 0. The number of benzene rings is 1. The maximum Gasteiger partial charge on any atom is 0.330 e. The van der Waals surface area contributed by atoms with Crippen molar-refractivity contribution in [3.05, 3.63) is 42.2 Å². The number of hydrogen-bond acceptors (Lipinski definition) is 3. The Kier molecular flexibility index (Phi) is 6.29. The number of rotatable bonds is 6. The number of halogens is 1. The van der Waals surface area contributed by atoms with Crippen LogP contribution in [0, 0.1) is 5.82 Å². The smallest absolute Gasteiger partial charge is 0.330 e. The molecule has 102 valence electrons. The van der Waals surface area contributed by atoms with Gasteiger partial charge in [-0.2, -0.15) is 0 Å². The largest absolute Gasteiger partial charge is 0.463 e. The number of anilines is 1. The second-order valence-corrected chi connectivity index (χ2v) is 3.82. The number of para-hydroxylation sites is 1. The van der Waals surface area contributed by atoms with Gasteiger partial charge in [0.25, 0.3) is 0 Å². The number of esters is 1. The predicted octanol–water partition coefficient (Wildman–Crippen LogP) is 2.66. The molecule has 0 saturated carbocycles. The van der Waals surface area contributed by atoms with Crippen molar-refractivity contribution in [3.8, 4) is 0 Å². The molecule has 19 heavy (non-hydrogen) atoms. The van der Waals surface area contributed by atoms with Crippen molar-refractivity contribution in [2.24, 2.45) is 0 Å². The van der Waals surface area contributed by atoms with Crippen molar-refractivity contribution in [3.63, 3.8) is 0 Å². The molecule has 5 heteroatoms. The summed E-state index contributed by atoms with van der Waals surface area (Å²) in [7, 11) is 0. The molecule has 1 rings (SSSR count). The molecule has 0 aliphatic rings. The molecule has 0 bridgehead atoms. The molecule has 0 radical (unpaired) electrons. The van der Waals surface area contributed by atoms with Crippen molar-refractivity contribution < 1.29 is 18.7 Å². The van der Waals surface area contributed by atoms with E-state index in [2.05, 4.69) is 5.32 Å². The van der Waals surface area contributed by atoms with Gasteiger partial charge in [-0.3, -0.25) is 4.79 Å². The zero-order chi connectivity index (χ0) is 14.1. The van der Waals surface area contributed by atoms with E-state index in [4.69, 9.17) is 4.74 Å². The van der Waals surface area contributed by atoms with Gasteiger partial charge < -0.3 is 10.1 Å². The fourth-order valence-corrected chi connectivity index (χ4v) is 1.25. The molecule has 0 fully saturated rings. The van der Waals surface area contributed by atoms with Crippen molar-refractivity contribution in [2.75, 3.05) is 11.9 Å². The summed E-state index contributed by atoms with van der Waals surface area (Å²) in [5, 5.41) is 2.32. The molecule has 0 aliphatic carbocycles. The fraction of sp³-hybridized carbons (Fsp3) is 0.286. The molecule has 0 aliphatic heterocycles. The zero-order valence-corrected chi connectivity index (χ0v) is 10.7. The molecule has 0 aromatic heterocycles. The molecule has 1 amide bonds. The van der Waals surface area contributed by atoms with Gasteiger partial charge in [-0.25, -0.2) is 9.18 Å². The predicted molar refractivity (Wildman–Crippen MR) is 70.0 cm³/mol. The van der Waals surface area contributed by atoms with Crippen molar-refractivity contribution in [1.29, 1.82) is 0 Å². The first kappa shape index (κ1) is 14.9. The van der Waals surface area contributed by atoms with Crippen molar-refractivity contribution in [2.45, 2.75) is 19.8 Å². The molecule has 0 atom stereocenters. The first-order valence-corrected chi connectivity index (χ1v) is 6.04. The number of unbranched alkanes of at least 4 members (excludes halogenated alkanes) is 1. The van der Waals surface area contributed by atoms with Gasteiger partial charge in [0.05, 0.1) is 12.3 Å². The molecule has 1 N–H and O–H groups in total. The Morgan fingerprint density at radius 3 is 2.74 bits per heavy atom. The number of amides is 1. The molecule has 1 aromatic carbocycles. The Morgan fingerprint density at radius 1 is 1.32 bits per heavy atom. The van der Waals surface area contributed by atoms with Crippen LogP contribution in [0.5, 0.6) is 0 Å². The molecule has 4 nitrogen and oxygen atoms in total. The standard InChI is InChI=1S/C14H16FNO3/c1-2-3-10-19-14(18)9-8-13(17)16-12-7-5-4-6-11(12)15/h4-9H,2-3,10H2,1H3,(H,16,17)/b9-8+. The summed E-state index contributed by atoms with van der Waals surface area (Å²) in [4.78, 5) is 22.6. The zero-order valence-electron chi connectivity index (χ0n) is 10.7. The maximum absolute atomic E-state index is 13.2. The van der Waals surface area contributed by atoms with E-state index in [-0.39, 0.29) is 5.69 Å². The summed E-state index contributed by atoms with van der Waals surface area (Å²) in [5.41, 5.74) is 0.0662. The van der Waals surface area contributed by atoms with E-state index in [1.165, 1.54) is 18.2 Å². The summed E-state index contributed by atoms with van der Waals surface area (Å²) in [5.74, 6) is -1.70. The topological polar surface area (TPSA) is 55.4 Å². The highest BCUT2D eigenvalue weighted by Crippen LogP contribution is 2.11. The number of ether oxygens (including phenoxy) is 1. The van der Waals surface area contributed by atoms with E-state index in [9.17, 15) is 14.0 Å². The first-order valence-electron chi connectivity index (χ1n) is 6.04. The van der Waals surface area contributed by atoms with Crippen molar-refractivity contribution in [1.82, 2.24) is 0 Å². The Bertz CT molecular complexity index is 472. The van der Waals surface area contributed by atoms with Gasteiger partial charge in [0.2, 0.25) is 5.91 Å². The van der Waals surface area contributed by atoms with Gasteiger partial charge in [-0.15, -0.1) is 0 Å². The van der Waals surface area contributed by atoms with E-state index < -0.39 is 17.7 Å². The van der Waals surface area contributed by atoms with Gasteiger partial charge in [0.15, 0.2) is 0 Å².